The number of aromatic nitrogens is 6. The lowest BCUT2D eigenvalue weighted by Gasteiger charge is -2.39. The van der Waals surface area contributed by atoms with Gasteiger partial charge in [0.15, 0.2) is 11.2 Å². The zero-order valence-corrected chi connectivity index (χ0v) is 18.7. The minimum absolute atomic E-state index is 0.0620. The van der Waals surface area contributed by atoms with Gasteiger partial charge in [0, 0.05) is 13.1 Å². The fourth-order valence-corrected chi connectivity index (χ4v) is 3.92. The van der Waals surface area contributed by atoms with Crippen molar-refractivity contribution >= 4 is 28.7 Å². The number of alkyl halides is 2. The van der Waals surface area contributed by atoms with Gasteiger partial charge in [-0.3, -0.25) is 18.7 Å². The standard InChI is InChI=1S/C21H20F2N8O4/c1-12-6-13(27-35-12)7-31-19(33)17-18(28(2)20(31)34)24-11-29(17)8-16(32)26-14-4-3-5-15(25-14)30-9-21(22,23)10-30/h3-6,11H,7-10H2,1-2H3,(H,25,26,32). The van der Waals surface area contributed by atoms with Crippen molar-refractivity contribution in [3.63, 3.8) is 0 Å². The molecule has 0 spiro atoms. The first-order valence-electron chi connectivity index (χ1n) is 10.6. The van der Waals surface area contributed by atoms with Crippen molar-refractivity contribution in [2.45, 2.75) is 25.9 Å². The van der Waals surface area contributed by atoms with E-state index in [2.05, 4.69) is 20.4 Å². The number of hydrogen-bond donors (Lipinski definition) is 1. The number of imidazole rings is 1. The van der Waals surface area contributed by atoms with Crippen LogP contribution in [0.1, 0.15) is 11.5 Å². The van der Waals surface area contributed by atoms with E-state index in [4.69, 9.17) is 4.52 Å². The van der Waals surface area contributed by atoms with Gasteiger partial charge in [0.25, 0.3) is 11.5 Å². The summed E-state index contributed by atoms with van der Waals surface area (Å²) in [6.45, 7) is 0.426. The molecule has 1 saturated heterocycles. The number of nitrogens with one attached hydrogen (secondary N) is 1. The second-order valence-corrected chi connectivity index (χ2v) is 8.35. The first-order valence-corrected chi connectivity index (χ1v) is 10.6. The Morgan fingerprint density at radius 1 is 1.26 bits per heavy atom. The maximum Gasteiger partial charge on any atom is 0.332 e. The van der Waals surface area contributed by atoms with Crippen molar-refractivity contribution in [3.8, 4) is 0 Å². The summed E-state index contributed by atoms with van der Waals surface area (Å²) in [5.74, 6) is -2.23. The number of pyridine rings is 1. The van der Waals surface area contributed by atoms with Crippen LogP contribution < -0.4 is 21.5 Å². The van der Waals surface area contributed by atoms with Crippen molar-refractivity contribution in [2.75, 3.05) is 23.3 Å². The molecule has 4 aromatic rings. The van der Waals surface area contributed by atoms with E-state index in [1.54, 1.807) is 25.1 Å². The molecular weight excluding hydrogens is 466 g/mol. The van der Waals surface area contributed by atoms with Crippen molar-refractivity contribution < 1.29 is 18.1 Å². The molecule has 0 atom stereocenters. The van der Waals surface area contributed by atoms with Gasteiger partial charge in [-0.2, -0.15) is 0 Å². The molecule has 1 N–H and O–H groups in total. The summed E-state index contributed by atoms with van der Waals surface area (Å²) in [7, 11) is 1.47. The monoisotopic (exact) mass is 486 g/mol. The molecular formula is C21H20F2N8O4. The SMILES string of the molecule is Cc1cc(Cn2c(=O)c3c(ncn3CC(=O)Nc3cccc(N4CC(F)(F)C4)n3)n(C)c2=O)no1. The van der Waals surface area contributed by atoms with Crippen LogP contribution in [0, 0.1) is 6.92 Å². The number of hydrogen-bond acceptors (Lipinski definition) is 8. The van der Waals surface area contributed by atoms with E-state index in [1.165, 1.54) is 33.5 Å². The minimum Gasteiger partial charge on any atom is -0.361 e. The third-order valence-electron chi connectivity index (χ3n) is 5.58. The van der Waals surface area contributed by atoms with Crippen molar-refractivity contribution in [3.05, 3.63) is 62.9 Å². The molecule has 12 nitrogen and oxygen atoms in total. The third-order valence-corrected chi connectivity index (χ3v) is 5.58. The van der Waals surface area contributed by atoms with Gasteiger partial charge < -0.3 is 19.3 Å². The van der Waals surface area contributed by atoms with Crippen LogP contribution in [0.3, 0.4) is 0 Å². The molecule has 1 aliphatic heterocycles. The Balaban J connectivity index is 1.39. The highest BCUT2D eigenvalue weighted by molar-refractivity contribution is 5.90. The highest BCUT2D eigenvalue weighted by atomic mass is 19.3. The zero-order chi connectivity index (χ0) is 24.9. The minimum atomic E-state index is -2.75. The molecule has 1 fully saturated rings. The van der Waals surface area contributed by atoms with E-state index in [9.17, 15) is 23.2 Å². The number of nitrogens with zero attached hydrogens (tertiary/aromatic N) is 7. The van der Waals surface area contributed by atoms with Gasteiger partial charge in [-0.1, -0.05) is 11.2 Å². The maximum absolute atomic E-state index is 13.2. The smallest absolute Gasteiger partial charge is 0.332 e. The van der Waals surface area contributed by atoms with Crippen LogP contribution in [0.25, 0.3) is 11.2 Å². The highest BCUT2D eigenvalue weighted by Gasteiger charge is 2.44. The van der Waals surface area contributed by atoms with Gasteiger partial charge in [-0.05, 0) is 19.1 Å². The van der Waals surface area contributed by atoms with Gasteiger partial charge in [-0.25, -0.2) is 23.5 Å². The molecule has 0 saturated carbocycles. The molecule has 0 aliphatic carbocycles. The van der Waals surface area contributed by atoms with Crippen LogP contribution in [0.5, 0.6) is 0 Å². The maximum atomic E-state index is 13.2. The average Bonchev–Trinajstić information content (AvgIpc) is 3.39. The number of rotatable bonds is 6. The van der Waals surface area contributed by atoms with Crippen LogP contribution in [0.4, 0.5) is 20.4 Å². The fraction of sp³-hybridized carbons (Fsp3) is 0.333. The largest absolute Gasteiger partial charge is 0.361 e. The van der Waals surface area contributed by atoms with Gasteiger partial charge >= 0.3 is 5.69 Å². The first kappa shape index (κ1) is 22.4. The van der Waals surface area contributed by atoms with Crippen LogP contribution in [0.15, 0.2) is 44.7 Å². The van der Waals surface area contributed by atoms with Crippen molar-refractivity contribution in [1.82, 2.24) is 28.8 Å². The summed E-state index contributed by atoms with van der Waals surface area (Å²) in [5.41, 5.74) is -0.634. The Kier molecular flexibility index (Phi) is 5.22. The topological polar surface area (TPSA) is 133 Å². The normalized spacial score (nSPS) is 14.8. The summed E-state index contributed by atoms with van der Waals surface area (Å²) in [6, 6.07) is 6.32. The second kappa shape index (κ2) is 8.14. The highest BCUT2D eigenvalue weighted by Crippen LogP contribution is 2.30. The van der Waals surface area contributed by atoms with Crippen LogP contribution in [0.2, 0.25) is 0 Å². The predicted octanol–water partition coefficient (Wildman–Crippen LogP) is 0.730. The zero-order valence-electron chi connectivity index (χ0n) is 18.7. The van der Waals surface area contributed by atoms with Crippen molar-refractivity contribution in [2.24, 2.45) is 7.05 Å². The number of carbonyl (C=O) groups excluding carboxylic acids is 1. The molecule has 0 aromatic carbocycles. The van der Waals surface area contributed by atoms with E-state index in [0.717, 1.165) is 4.57 Å². The molecule has 0 radical (unpaired) electrons. The molecule has 5 rings (SSSR count). The third kappa shape index (κ3) is 4.18. The van der Waals surface area contributed by atoms with E-state index >= 15 is 0 Å². The molecule has 0 unspecified atom stereocenters. The summed E-state index contributed by atoms with van der Waals surface area (Å²) >= 11 is 0. The van der Waals surface area contributed by atoms with E-state index in [1.807, 2.05) is 0 Å². The number of halogens is 2. The Bertz CT molecular complexity index is 1560. The first-order chi connectivity index (χ1) is 16.6. The average molecular weight is 486 g/mol. The van der Waals surface area contributed by atoms with Crippen LogP contribution >= 0.6 is 0 Å². The quantitative estimate of drug-likeness (QED) is 0.422. The Labute approximate surface area is 195 Å². The van der Waals surface area contributed by atoms with Gasteiger partial charge in [0.05, 0.1) is 26.0 Å². The number of fused-ring (bicyclic) bond motifs is 1. The van der Waals surface area contributed by atoms with Gasteiger partial charge in [-0.15, -0.1) is 0 Å². The molecule has 1 aliphatic rings. The molecule has 14 heteroatoms. The molecule has 0 bridgehead atoms. The van der Waals surface area contributed by atoms with Crippen LogP contribution in [-0.4, -0.2) is 53.7 Å². The number of carbonyl (C=O) groups is 1. The summed E-state index contributed by atoms with van der Waals surface area (Å²) in [4.78, 5) is 48.3. The number of anilines is 2. The van der Waals surface area contributed by atoms with E-state index < -0.39 is 36.2 Å². The van der Waals surface area contributed by atoms with E-state index in [-0.39, 0.29) is 30.1 Å². The number of amides is 1. The fourth-order valence-electron chi connectivity index (χ4n) is 3.92. The summed E-state index contributed by atoms with van der Waals surface area (Å²) in [5, 5.41) is 6.42. The molecule has 4 aromatic heterocycles. The lowest BCUT2D eigenvalue weighted by molar-refractivity contribution is -0.116. The van der Waals surface area contributed by atoms with Gasteiger partial charge in [0.2, 0.25) is 5.91 Å². The predicted molar refractivity (Wildman–Crippen MR) is 120 cm³/mol. The second-order valence-electron chi connectivity index (χ2n) is 8.35. The lowest BCUT2D eigenvalue weighted by Crippen LogP contribution is -2.56. The molecule has 35 heavy (non-hydrogen) atoms. The Hall–Kier alpha value is -4.36. The van der Waals surface area contributed by atoms with Crippen LogP contribution in [-0.2, 0) is 24.9 Å². The van der Waals surface area contributed by atoms with Crippen molar-refractivity contribution in [1.29, 1.82) is 0 Å². The Morgan fingerprint density at radius 3 is 2.71 bits per heavy atom. The molecule has 5 heterocycles. The summed E-state index contributed by atoms with van der Waals surface area (Å²) < 4.78 is 34.9. The Morgan fingerprint density at radius 2 is 2.03 bits per heavy atom. The molecule has 182 valence electrons. The lowest BCUT2D eigenvalue weighted by atomic mass is 10.1. The summed E-state index contributed by atoms with van der Waals surface area (Å²) in [6.07, 6.45) is 1.29. The molecule has 1 amide bonds. The van der Waals surface area contributed by atoms with Gasteiger partial charge in [0.1, 0.15) is 29.6 Å². The van der Waals surface area contributed by atoms with E-state index in [0.29, 0.717) is 17.3 Å². The number of aryl methyl sites for hydroxylation is 2.